The first-order valence-electron chi connectivity index (χ1n) is 5.99. The number of aromatic carboxylic acids is 1. The molecule has 0 spiro atoms. The molecule has 6 heteroatoms. The first-order valence-corrected chi connectivity index (χ1v) is 7.16. The minimum Gasteiger partial charge on any atom is -0.478 e. The van der Waals surface area contributed by atoms with Crippen LogP contribution in [-0.2, 0) is 0 Å². The maximum atomic E-state index is 12.2. The monoisotopic (exact) mass is 367 g/mol. The molecule has 1 amide bonds. The number of aryl methyl sites for hydroxylation is 1. The highest BCUT2D eigenvalue weighted by Crippen LogP contribution is 2.23. The second-order valence-corrected chi connectivity index (χ2v) is 5.70. The summed E-state index contributed by atoms with van der Waals surface area (Å²) in [6, 6.07) is 9.59. The number of amides is 1. The van der Waals surface area contributed by atoms with Gasteiger partial charge in [-0.1, -0.05) is 17.7 Å². The fraction of sp³-hybridized carbons (Fsp3) is 0.0667. The zero-order valence-electron chi connectivity index (χ0n) is 11.0. The van der Waals surface area contributed by atoms with Crippen LogP contribution < -0.4 is 5.32 Å². The Balaban J connectivity index is 2.29. The normalized spacial score (nSPS) is 10.2. The number of carboxylic acid groups (broad SMARTS) is 1. The van der Waals surface area contributed by atoms with Gasteiger partial charge in [-0.25, -0.2) is 4.79 Å². The predicted molar refractivity (Wildman–Crippen MR) is 85.2 cm³/mol. The molecular weight excluding hydrogens is 358 g/mol. The third-order valence-electron chi connectivity index (χ3n) is 2.90. The van der Waals surface area contributed by atoms with E-state index in [1.165, 1.54) is 12.1 Å². The van der Waals surface area contributed by atoms with Gasteiger partial charge in [0, 0.05) is 15.2 Å². The average Bonchev–Trinajstić information content (AvgIpc) is 2.43. The van der Waals surface area contributed by atoms with E-state index >= 15 is 0 Å². The van der Waals surface area contributed by atoms with Crippen molar-refractivity contribution in [3.05, 3.63) is 62.6 Å². The first-order chi connectivity index (χ1) is 9.88. The molecule has 0 radical (unpaired) electrons. The molecule has 0 heterocycles. The summed E-state index contributed by atoms with van der Waals surface area (Å²) in [7, 11) is 0. The zero-order valence-corrected chi connectivity index (χ0v) is 13.3. The summed E-state index contributed by atoms with van der Waals surface area (Å²) >= 11 is 9.15. The molecule has 0 fully saturated rings. The van der Waals surface area contributed by atoms with Gasteiger partial charge in [-0.15, -0.1) is 0 Å². The van der Waals surface area contributed by atoms with Gasteiger partial charge in [-0.2, -0.15) is 0 Å². The maximum Gasteiger partial charge on any atom is 0.336 e. The molecule has 4 nitrogen and oxygen atoms in total. The Kier molecular flexibility index (Phi) is 4.65. The molecule has 21 heavy (non-hydrogen) atoms. The van der Waals surface area contributed by atoms with Crippen molar-refractivity contribution in [3.8, 4) is 0 Å². The van der Waals surface area contributed by atoms with Crippen LogP contribution in [-0.4, -0.2) is 17.0 Å². The summed E-state index contributed by atoms with van der Waals surface area (Å²) in [5.74, 6) is -1.41. The SMILES string of the molecule is Cc1ccc(NC(=O)c2cc(Cl)ccc2Br)cc1C(=O)O. The van der Waals surface area contributed by atoms with Crippen LogP contribution in [0.1, 0.15) is 26.3 Å². The molecular formula is C15H11BrClNO3. The Hall–Kier alpha value is -1.85. The van der Waals surface area contributed by atoms with E-state index in [0.29, 0.717) is 26.3 Å². The van der Waals surface area contributed by atoms with Gasteiger partial charge in [0.1, 0.15) is 0 Å². The summed E-state index contributed by atoms with van der Waals surface area (Å²) in [6.45, 7) is 1.70. The number of carboxylic acids is 1. The molecule has 0 saturated heterocycles. The number of hydrogen-bond acceptors (Lipinski definition) is 2. The lowest BCUT2D eigenvalue weighted by Crippen LogP contribution is -2.13. The molecule has 0 saturated carbocycles. The lowest BCUT2D eigenvalue weighted by Gasteiger charge is -2.09. The summed E-state index contributed by atoms with van der Waals surface area (Å²) < 4.78 is 0.606. The van der Waals surface area contributed by atoms with Gasteiger partial charge >= 0.3 is 5.97 Å². The van der Waals surface area contributed by atoms with Crippen LogP contribution in [0.4, 0.5) is 5.69 Å². The fourth-order valence-corrected chi connectivity index (χ4v) is 2.40. The van der Waals surface area contributed by atoms with Gasteiger partial charge in [-0.05, 0) is 58.7 Å². The van der Waals surface area contributed by atoms with Gasteiger partial charge in [0.05, 0.1) is 11.1 Å². The lowest BCUT2D eigenvalue weighted by atomic mass is 10.1. The minimum absolute atomic E-state index is 0.151. The third kappa shape index (κ3) is 3.62. The average molecular weight is 369 g/mol. The van der Waals surface area contributed by atoms with Crippen molar-refractivity contribution in [1.29, 1.82) is 0 Å². The van der Waals surface area contributed by atoms with E-state index in [1.54, 1.807) is 31.2 Å². The number of anilines is 1. The topological polar surface area (TPSA) is 66.4 Å². The van der Waals surface area contributed by atoms with Gasteiger partial charge in [0.2, 0.25) is 0 Å². The molecule has 2 aromatic carbocycles. The number of carbonyl (C=O) groups excluding carboxylic acids is 1. The second-order valence-electron chi connectivity index (χ2n) is 4.41. The first kappa shape index (κ1) is 15.5. The van der Waals surface area contributed by atoms with Gasteiger partial charge in [-0.3, -0.25) is 4.79 Å². The smallest absolute Gasteiger partial charge is 0.336 e. The summed E-state index contributed by atoms with van der Waals surface area (Å²) in [6.07, 6.45) is 0. The standard InChI is InChI=1S/C15H11BrClNO3/c1-8-2-4-10(7-11(8)15(20)21)18-14(19)12-6-9(17)3-5-13(12)16/h2-7H,1H3,(H,18,19)(H,20,21). The molecule has 0 atom stereocenters. The van der Waals surface area contributed by atoms with Crippen LogP contribution in [0.5, 0.6) is 0 Å². The number of hydrogen-bond donors (Lipinski definition) is 2. The zero-order chi connectivity index (χ0) is 15.6. The Morgan fingerprint density at radius 1 is 1.14 bits per heavy atom. The van der Waals surface area contributed by atoms with E-state index < -0.39 is 5.97 Å². The van der Waals surface area contributed by atoms with Gasteiger partial charge in [0.25, 0.3) is 5.91 Å². The number of carbonyl (C=O) groups is 2. The lowest BCUT2D eigenvalue weighted by molar-refractivity contribution is 0.0695. The van der Waals surface area contributed by atoms with E-state index in [2.05, 4.69) is 21.2 Å². The molecule has 0 bridgehead atoms. The fourth-order valence-electron chi connectivity index (χ4n) is 1.80. The third-order valence-corrected chi connectivity index (χ3v) is 3.83. The molecule has 0 aliphatic carbocycles. The van der Waals surface area contributed by atoms with E-state index in [0.717, 1.165) is 0 Å². The van der Waals surface area contributed by atoms with Crippen LogP contribution in [0.25, 0.3) is 0 Å². The van der Waals surface area contributed by atoms with Crippen LogP contribution >= 0.6 is 27.5 Å². The minimum atomic E-state index is -1.03. The highest BCUT2D eigenvalue weighted by molar-refractivity contribution is 9.10. The summed E-state index contributed by atoms with van der Waals surface area (Å²) in [5.41, 5.74) is 1.57. The largest absolute Gasteiger partial charge is 0.478 e. The Labute approximate surface area is 134 Å². The number of rotatable bonds is 3. The van der Waals surface area contributed by atoms with E-state index in [1.807, 2.05) is 0 Å². The van der Waals surface area contributed by atoms with Crippen molar-refractivity contribution < 1.29 is 14.7 Å². The highest BCUT2D eigenvalue weighted by atomic mass is 79.9. The molecule has 0 aliphatic rings. The van der Waals surface area contributed by atoms with Crippen molar-refractivity contribution >= 4 is 45.1 Å². The molecule has 108 valence electrons. The maximum absolute atomic E-state index is 12.2. The van der Waals surface area contributed by atoms with E-state index in [-0.39, 0.29) is 11.5 Å². The van der Waals surface area contributed by atoms with Crippen molar-refractivity contribution in [3.63, 3.8) is 0 Å². The number of benzene rings is 2. The Bertz CT molecular complexity index is 731. The van der Waals surface area contributed by atoms with Gasteiger partial charge < -0.3 is 10.4 Å². The van der Waals surface area contributed by atoms with Crippen LogP contribution in [0.2, 0.25) is 5.02 Å². The molecule has 2 N–H and O–H groups in total. The Morgan fingerprint density at radius 3 is 2.52 bits per heavy atom. The Morgan fingerprint density at radius 2 is 1.86 bits per heavy atom. The van der Waals surface area contributed by atoms with Crippen molar-refractivity contribution in [2.24, 2.45) is 0 Å². The highest BCUT2D eigenvalue weighted by Gasteiger charge is 2.13. The van der Waals surface area contributed by atoms with Crippen molar-refractivity contribution in [2.75, 3.05) is 5.32 Å². The molecule has 2 aromatic rings. The predicted octanol–water partition coefficient (Wildman–Crippen LogP) is 4.36. The van der Waals surface area contributed by atoms with Crippen molar-refractivity contribution in [1.82, 2.24) is 0 Å². The van der Waals surface area contributed by atoms with Crippen LogP contribution in [0, 0.1) is 6.92 Å². The van der Waals surface area contributed by atoms with Crippen molar-refractivity contribution in [2.45, 2.75) is 6.92 Å². The van der Waals surface area contributed by atoms with E-state index in [9.17, 15) is 9.59 Å². The van der Waals surface area contributed by atoms with Crippen LogP contribution in [0.3, 0.4) is 0 Å². The molecule has 2 rings (SSSR count). The van der Waals surface area contributed by atoms with Crippen LogP contribution in [0.15, 0.2) is 40.9 Å². The summed E-state index contributed by atoms with van der Waals surface area (Å²) in [4.78, 5) is 23.3. The number of nitrogens with one attached hydrogen (secondary N) is 1. The quantitative estimate of drug-likeness (QED) is 0.846. The molecule has 0 unspecified atom stereocenters. The van der Waals surface area contributed by atoms with Gasteiger partial charge in [0.15, 0.2) is 0 Å². The number of halogens is 2. The molecule has 0 aliphatic heterocycles. The molecule has 0 aromatic heterocycles. The van der Waals surface area contributed by atoms with E-state index in [4.69, 9.17) is 16.7 Å². The second kappa shape index (κ2) is 6.28. The summed E-state index contributed by atoms with van der Waals surface area (Å²) in [5, 5.41) is 12.2.